The van der Waals surface area contributed by atoms with Crippen LogP contribution in [0.3, 0.4) is 0 Å². The maximum atomic E-state index is 5.53. The summed E-state index contributed by atoms with van der Waals surface area (Å²) in [6.45, 7) is 47.5. The van der Waals surface area contributed by atoms with E-state index in [0.29, 0.717) is 23.7 Å². The van der Waals surface area contributed by atoms with Crippen molar-refractivity contribution in [1.29, 1.82) is 0 Å². The number of benzene rings is 2. The van der Waals surface area contributed by atoms with Crippen molar-refractivity contribution in [2.75, 3.05) is 7.11 Å². The Bertz CT molecular complexity index is 1490. The Hall–Kier alpha value is -2.02. The number of allylic oxidation sites excluding steroid dienone is 2. The lowest BCUT2D eigenvalue weighted by Crippen LogP contribution is -2.53. The van der Waals surface area contributed by atoms with Gasteiger partial charge in [0, 0.05) is 6.42 Å². The van der Waals surface area contributed by atoms with Crippen LogP contribution in [0.15, 0.2) is 66.4 Å². The summed E-state index contributed by atoms with van der Waals surface area (Å²) in [5.74, 6) is 3.55. The van der Waals surface area contributed by atoms with Gasteiger partial charge in [-0.3, -0.25) is 0 Å². The molecule has 0 aliphatic carbocycles. The Morgan fingerprint density at radius 3 is 1.82 bits per heavy atom. The average molecular weight is 771 g/mol. The Kier molecular flexibility index (Phi) is 17.7. The Labute approximate surface area is 351 Å². The molecule has 0 N–H and O–H groups in total. The maximum Gasteiger partial charge on any atom is 0.0912 e. The van der Waals surface area contributed by atoms with E-state index in [-0.39, 0.29) is 37.9 Å². The van der Waals surface area contributed by atoms with Gasteiger partial charge in [0.05, 0.1) is 12.9 Å². The summed E-state index contributed by atoms with van der Waals surface area (Å²) >= 11 is 0. The van der Waals surface area contributed by atoms with E-state index in [9.17, 15) is 0 Å². The fourth-order valence-electron chi connectivity index (χ4n) is 11.1. The lowest BCUT2D eigenvalue weighted by Gasteiger charge is -2.59. The van der Waals surface area contributed by atoms with Gasteiger partial charge in [0.25, 0.3) is 0 Å². The van der Waals surface area contributed by atoms with Crippen molar-refractivity contribution >= 4 is 0 Å². The average Bonchev–Trinajstić information content (AvgIpc) is 3.13. The standard InChI is InChI=1S/C55H94O/c1-21-42(6)48(38-54(18,24-4)53(16,17)55(19,45-32-26-25-27-33-45)40-50(10,11)43(7)22-2)44-31-29-34-46(36-44)52(14,15)51(12,13)39-49(8,9)37-41(5)30-28-35-47(23-3)56-20/h23,25-27,29,31-34,36,41-43,48H,21-22,24,28,30,35,37-40H2,1-20H3. The summed E-state index contributed by atoms with van der Waals surface area (Å²) < 4.78 is 5.53. The highest BCUT2D eigenvalue weighted by molar-refractivity contribution is 5.35. The van der Waals surface area contributed by atoms with Gasteiger partial charge in [-0.25, -0.2) is 0 Å². The molecule has 6 atom stereocenters. The van der Waals surface area contributed by atoms with Gasteiger partial charge in [0.15, 0.2) is 0 Å². The van der Waals surface area contributed by atoms with E-state index in [4.69, 9.17) is 4.74 Å². The van der Waals surface area contributed by atoms with E-state index >= 15 is 0 Å². The van der Waals surface area contributed by atoms with Crippen molar-refractivity contribution in [3.8, 4) is 0 Å². The summed E-state index contributed by atoms with van der Waals surface area (Å²) in [6.07, 6.45) is 14.0. The largest absolute Gasteiger partial charge is 0.501 e. The normalized spacial score (nSPS) is 18.1. The van der Waals surface area contributed by atoms with Gasteiger partial charge in [-0.05, 0) is 123 Å². The second-order valence-electron chi connectivity index (χ2n) is 22.5. The zero-order valence-corrected chi connectivity index (χ0v) is 41.1. The first-order chi connectivity index (χ1) is 25.7. The third-order valence-corrected chi connectivity index (χ3v) is 17.1. The molecule has 2 rings (SSSR count). The molecule has 0 amide bonds. The summed E-state index contributed by atoms with van der Waals surface area (Å²) in [4.78, 5) is 0. The third kappa shape index (κ3) is 11.6. The molecule has 6 unspecified atom stereocenters. The van der Waals surface area contributed by atoms with Crippen LogP contribution in [-0.4, -0.2) is 7.11 Å². The van der Waals surface area contributed by atoms with Crippen LogP contribution in [0.5, 0.6) is 0 Å². The molecule has 0 bridgehead atoms. The molecular weight excluding hydrogens is 677 g/mol. The van der Waals surface area contributed by atoms with Gasteiger partial charge < -0.3 is 4.74 Å². The number of methoxy groups -OCH3 is 1. The molecule has 2 aromatic carbocycles. The van der Waals surface area contributed by atoms with Crippen LogP contribution in [0.25, 0.3) is 0 Å². The predicted octanol–water partition coefficient (Wildman–Crippen LogP) is 17.5. The molecule has 0 radical (unpaired) electrons. The first-order valence-electron chi connectivity index (χ1n) is 23.1. The van der Waals surface area contributed by atoms with Gasteiger partial charge >= 0.3 is 0 Å². The molecule has 0 aliphatic rings. The predicted molar refractivity (Wildman–Crippen MR) is 251 cm³/mol. The van der Waals surface area contributed by atoms with Crippen molar-refractivity contribution in [2.45, 2.75) is 213 Å². The van der Waals surface area contributed by atoms with Gasteiger partial charge in [0.2, 0.25) is 0 Å². The highest BCUT2D eigenvalue weighted by Crippen LogP contribution is 2.62. The molecule has 0 saturated heterocycles. The summed E-state index contributed by atoms with van der Waals surface area (Å²) in [5, 5.41) is 0. The lowest BCUT2D eigenvalue weighted by atomic mass is 9.45. The number of rotatable bonds is 24. The van der Waals surface area contributed by atoms with Crippen molar-refractivity contribution < 1.29 is 4.74 Å². The van der Waals surface area contributed by atoms with Crippen LogP contribution < -0.4 is 0 Å². The van der Waals surface area contributed by atoms with Crippen LogP contribution in [0.1, 0.15) is 218 Å². The van der Waals surface area contributed by atoms with Crippen LogP contribution in [0.2, 0.25) is 0 Å². The molecule has 0 saturated carbocycles. The van der Waals surface area contributed by atoms with Crippen LogP contribution in [0, 0.1) is 44.8 Å². The number of ether oxygens (including phenoxy) is 1. The molecule has 0 aromatic heterocycles. The number of hydrogen-bond acceptors (Lipinski definition) is 1. The molecule has 320 valence electrons. The highest BCUT2D eigenvalue weighted by atomic mass is 16.5. The van der Waals surface area contributed by atoms with Crippen LogP contribution in [0.4, 0.5) is 0 Å². The quantitative estimate of drug-likeness (QED) is 0.0966. The van der Waals surface area contributed by atoms with Gasteiger partial charge in [-0.15, -0.1) is 0 Å². The Morgan fingerprint density at radius 2 is 1.30 bits per heavy atom. The number of hydrogen-bond donors (Lipinski definition) is 0. The minimum absolute atomic E-state index is 0.00351. The van der Waals surface area contributed by atoms with Crippen molar-refractivity contribution in [3.63, 3.8) is 0 Å². The third-order valence-electron chi connectivity index (χ3n) is 17.1. The molecular formula is C55H94O. The molecule has 2 aromatic rings. The Morgan fingerprint density at radius 1 is 0.714 bits per heavy atom. The first kappa shape index (κ1) is 50.1. The fourth-order valence-corrected chi connectivity index (χ4v) is 11.1. The zero-order chi connectivity index (χ0) is 43.0. The molecule has 1 heteroatoms. The minimum atomic E-state index is 0.00351. The summed E-state index contributed by atoms with van der Waals surface area (Å²) in [5.41, 5.74) is 5.31. The smallest absolute Gasteiger partial charge is 0.0912 e. The second-order valence-corrected chi connectivity index (χ2v) is 22.5. The Balaban J connectivity index is 2.54. The van der Waals surface area contributed by atoms with Gasteiger partial charge in [-0.2, -0.15) is 0 Å². The molecule has 0 spiro atoms. The van der Waals surface area contributed by atoms with E-state index in [2.05, 4.69) is 192 Å². The van der Waals surface area contributed by atoms with Gasteiger partial charge in [0.1, 0.15) is 0 Å². The van der Waals surface area contributed by atoms with Crippen LogP contribution >= 0.6 is 0 Å². The van der Waals surface area contributed by atoms with E-state index in [1.165, 1.54) is 62.5 Å². The van der Waals surface area contributed by atoms with E-state index < -0.39 is 0 Å². The second kappa shape index (κ2) is 19.8. The van der Waals surface area contributed by atoms with Crippen molar-refractivity contribution in [3.05, 3.63) is 83.1 Å². The van der Waals surface area contributed by atoms with E-state index in [1.54, 1.807) is 12.7 Å². The van der Waals surface area contributed by atoms with Gasteiger partial charge in [-0.1, -0.05) is 205 Å². The minimum Gasteiger partial charge on any atom is -0.501 e. The fraction of sp³-hybridized carbons (Fsp3) is 0.745. The molecule has 56 heavy (non-hydrogen) atoms. The first-order valence-corrected chi connectivity index (χ1v) is 23.1. The molecule has 1 nitrogen and oxygen atoms in total. The lowest BCUT2D eigenvalue weighted by molar-refractivity contribution is -0.0390. The topological polar surface area (TPSA) is 9.23 Å². The van der Waals surface area contributed by atoms with Crippen molar-refractivity contribution in [2.24, 2.45) is 44.8 Å². The van der Waals surface area contributed by atoms with E-state index in [0.717, 1.165) is 18.6 Å². The zero-order valence-electron chi connectivity index (χ0n) is 41.1. The van der Waals surface area contributed by atoms with Crippen LogP contribution in [-0.2, 0) is 15.6 Å². The highest BCUT2D eigenvalue weighted by Gasteiger charge is 2.55. The van der Waals surface area contributed by atoms with Crippen molar-refractivity contribution in [1.82, 2.24) is 0 Å². The monoisotopic (exact) mass is 771 g/mol. The SMILES string of the molecule is CC=C(CCCC(C)CC(C)(C)CC(C)(C)C(C)(C)c1cccc(C(CC(C)(CC)C(C)(C)C(C)(CC(C)(C)C(C)CC)c2ccccc2)C(C)CC)c1)OC. The maximum absolute atomic E-state index is 5.53. The summed E-state index contributed by atoms with van der Waals surface area (Å²) in [6, 6.07) is 21.5. The molecule has 0 aliphatic heterocycles. The van der Waals surface area contributed by atoms with E-state index in [1.807, 2.05) is 0 Å². The summed E-state index contributed by atoms with van der Waals surface area (Å²) in [7, 11) is 1.80. The molecule has 0 heterocycles. The molecule has 0 fully saturated rings.